The van der Waals surface area contributed by atoms with Gasteiger partial charge in [-0.3, -0.25) is 4.79 Å². The monoisotopic (exact) mass is 466 g/mol. The van der Waals surface area contributed by atoms with Gasteiger partial charge in [0, 0.05) is 36.6 Å². The van der Waals surface area contributed by atoms with E-state index in [2.05, 4.69) is 5.32 Å². The van der Waals surface area contributed by atoms with Crippen LogP contribution in [0.15, 0.2) is 47.4 Å². The number of rotatable bonds is 8. The average Bonchev–Trinajstić information content (AvgIpc) is 2.78. The molecule has 3 rings (SSSR count). The van der Waals surface area contributed by atoms with E-state index in [0.29, 0.717) is 55.4 Å². The molecule has 0 bridgehead atoms. The molecule has 1 amide bonds. The third-order valence-electron chi connectivity index (χ3n) is 5.42. The minimum atomic E-state index is -3.67. The molecule has 1 aliphatic rings. The highest BCUT2D eigenvalue weighted by molar-refractivity contribution is 7.89. The van der Waals surface area contributed by atoms with E-state index in [-0.39, 0.29) is 16.7 Å². The Morgan fingerprint density at radius 2 is 1.81 bits per heavy atom. The summed E-state index contributed by atoms with van der Waals surface area (Å²) in [6.07, 6.45) is 1.66. The fourth-order valence-electron chi connectivity index (χ4n) is 3.65. The maximum atomic E-state index is 13.0. The second-order valence-electron chi connectivity index (χ2n) is 7.37. The van der Waals surface area contributed by atoms with Crippen molar-refractivity contribution in [3.05, 3.63) is 53.1 Å². The minimum absolute atomic E-state index is 0.0369. The molecule has 0 atom stereocenters. The maximum absolute atomic E-state index is 13.0. The first-order chi connectivity index (χ1) is 14.8. The molecule has 0 aromatic heterocycles. The molecule has 1 saturated heterocycles. The lowest BCUT2D eigenvalue weighted by Gasteiger charge is -2.30. The Balaban J connectivity index is 1.54. The highest BCUT2D eigenvalue weighted by Gasteiger charge is 2.32. The Labute approximate surface area is 188 Å². The van der Waals surface area contributed by atoms with Gasteiger partial charge >= 0.3 is 0 Å². The standard InChI is InChI=1S/C22H27ClN2O5S/c1-29-20-7-6-19(15-21(20)30-2)31(27,28)25-12-9-17(10-13-25)22(26)24-11-8-16-4-3-5-18(23)14-16/h3-7,14-15,17H,8-13H2,1-2H3,(H,24,26). The second kappa shape index (κ2) is 10.3. The van der Waals surface area contributed by atoms with Crippen LogP contribution >= 0.6 is 11.6 Å². The Kier molecular flexibility index (Phi) is 7.80. The normalized spacial score (nSPS) is 15.5. The Morgan fingerprint density at radius 3 is 2.45 bits per heavy atom. The Morgan fingerprint density at radius 1 is 1.10 bits per heavy atom. The molecule has 1 fully saturated rings. The number of halogens is 1. The lowest BCUT2D eigenvalue weighted by atomic mass is 9.97. The van der Waals surface area contributed by atoms with Crippen LogP contribution in [-0.2, 0) is 21.2 Å². The Hall–Kier alpha value is -2.29. The van der Waals surface area contributed by atoms with Crippen LogP contribution in [-0.4, -0.2) is 52.5 Å². The molecule has 7 nitrogen and oxygen atoms in total. The highest BCUT2D eigenvalue weighted by Crippen LogP contribution is 2.32. The fourth-order valence-corrected chi connectivity index (χ4v) is 5.35. The molecular formula is C22H27ClN2O5S. The van der Waals surface area contributed by atoms with Gasteiger partial charge in [-0.15, -0.1) is 0 Å². The number of carbonyl (C=O) groups is 1. The zero-order chi connectivity index (χ0) is 22.4. The third kappa shape index (κ3) is 5.70. The van der Waals surface area contributed by atoms with Crippen LogP contribution < -0.4 is 14.8 Å². The number of hydrogen-bond donors (Lipinski definition) is 1. The van der Waals surface area contributed by atoms with E-state index in [1.54, 1.807) is 6.07 Å². The van der Waals surface area contributed by atoms with Crippen LogP contribution in [0.1, 0.15) is 18.4 Å². The number of amides is 1. The molecule has 1 aliphatic heterocycles. The lowest BCUT2D eigenvalue weighted by molar-refractivity contribution is -0.126. The SMILES string of the molecule is COc1ccc(S(=O)(=O)N2CCC(C(=O)NCCc3cccc(Cl)c3)CC2)cc1OC. The van der Waals surface area contributed by atoms with Crippen LogP contribution in [0, 0.1) is 5.92 Å². The van der Waals surface area contributed by atoms with Crippen molar-refractivity contribution in [2.45, 2.75) is 24.2 Å². The van der Waals surface area contributed by atoms with E-state index in [1.165, 1.54) is 30.7 Å². The predicted octanol–water partition coefficient (Wildman–Crippen LogP) is 3.12. The van der Waals surface area contributed by atoms with Crippen LogP contribution in [0.5, 0.6) is 11.5 Å². The van der Waals surface area contributed by atoms with Crippen molar-refractivity contribution in [1.29, 1.82) is 0 Å². The van der Waals surface area contributed by atoms with Gasteiger partial charge in [0.2, 0.25) is 15.9 Å². The van der Waals surface area contributed by atoms with Gasteiger partial charge in [-0.2, -0.15) is 4.31 Å². The number of nitrogens with zero attached hydrogens (tertiary/aromatic N) is 1. The molecule has 168 valence electrons. The third-order valence-corrected chi connectivity index (χ3v) is 7.55. The van der Waals surface area contributed by atoms with E-state index in [4.69, 9.17) is 21.1 Å². The molecule has 0 spiro atoms. The summed E-state index contributed by atoms with van der Waals surface area (Å²) in [5.74, 6) is 0.591. The first-order valence-corrected chi connectivity index (χ1v) is 11.9. The number of carbonyl (C=O) groups excluding carboxylic acids is 1. The van der Waals surface area contributed by atoms with Gasteiger partial charge in [0.05, 0.1) is 19.1 Å². The predicted molar refractivity (Wildman–Crippen MR) is 119 cm³/mol. The van der Waals surface area contributed by atoms with Crippen LogP contribution in [0.25, 0.3) is 0 Å². The van der Waals surface area contributed by atoms with Crippen molar-refractivity contribution in [1.82, 2.24) is 9.62 Å². The molecule has 0 radical (unpaired) electrons. The molecule has 1 N–H and O–H groups in total. The molecule has 1 heterocycles. The average molecular weight is 467 g/mol. The summed E-state index contributed by atoms with van der Waals surface area (Å²) >= 11 is 5.98. The molecule has 0 saturated carbocycles. The number of piperidine rings is 1. The van der Waals surface area contributed by atoms with Crippen molar-refractivity contribution in [2.24, 2.45) is 5.92 Å². The number of ether oxygens (including phenoxy) is 2. The first kappa shape index (κ1) is 23.4. The van der Waals surface area contributed by atoms with Crippen LogP contribution in [0.2, 0.25) is 5.02 Å². The lowest BCUT2D eigenvalue weighted by Crippen LogP contribution is -2.43. The first-order valence-electron chi connectivity index (χ1n) is 10.1. The van der Waals surface area contributed by atoms with Gasteiger partial charge in [0.1, 0.15) is 0 Å². The van der Waals surface area contributed by atoms with Crippen molar-refractivity contribution in [2.75, 3.05) is 33.9 Å². The number of nitrogens with one attached hydrogen (secondary N) is 1. The number of hydrogen-bond acceptors (Lipinski definition) is 5. The van der Waals surface area contributed by atoms with Gasteiger partial charge in [-0.1, -0.05) is 23.7 Å². The van der Waals surface area contributed by atoms with E-state index in [9.17, 15) is 13.2 Å². The number of benzene rings is 2. The van der Waals surface area contributed by atoms with Crippen molar-refractivity contribution < 1.29 is 22.7 Å². The fraction of sp³-hybridized carbons (Fsp3) is 0.409. The molecule has 31 heavy (non-hydrogen) atoms. The molecule has 9 heteroatoms. The summed E-state index contributed by atoms with van der Waals surface area (Å²) in [4.78, 5) is 12.6. The molecule has 0 aliphatic carbocycles. The topological polar surface area (TPSA) is 84.9 Å². The second-order valence-corrected chi connectivity index (χ2v) is 9.74. The van der Waals surface area contributed by atoms with E-state index < -0.39 is 10.0 Å². The summed E-state index contributed by atoms with van der Waals surface area (Å²) in [7, 11) is -0.712. The van der Waals surface area contributed by atoms with E-state index >= 15 is 0 Å². The Bertz CT molecular complexity index is 1020. The summed E-state index contributed by atoms with van der Waals surface area (Å²) in [6.45, 7) is 1.11. The molecule has 2 aromatic rings. The summed E-state index contributed by atoms with van der Waals surface area (Å²) in [5, 5.41) is 3.63. The molecule has 0 unspecified atom stereocenters. The van der Waals surface area contributed by atoms with Gasteiger partial charge < -0.3 is 14.8 Å². The zero-order valence-electron chi connectivity index (χ0n) is 17.6. The summed E-state index contributed by atoms with van der Waals surface area (Å²) in [6, 6.07) is 12.1. The smallest absolute Gasteiger partial charge is 0.243 e. The molecule has 2 aromatic carbocycles. The largest absolute Gasteiger partial charge is 0.493 e. The van der Waals surface area contributed by atoms with Crippen LogP contribution in [0.3, 0.4) is 0 Å². The maximum Gasteiger partial charge on any atom is 0.243 e. The summed E-state index contributed by atoms with van der Waals surface area (Å²) in [5.41, 5.74) is 1.06. The summed E-state index contributed by atoms with van der Waals surface area (Å²) < 4.78 is 37.8. The minimum Gasteiger partial charge on any atom is -0.493 e. The zero-order valence-corrected chi connectivity index (χ0v) is 19.2. The van der Waals surface area contributed by atoms with Gasteiger partial charge in [0.25, 0.3) is 0 Å². The highest BCUT2D eigenvalue weighted by atomic mass is 35.5. The van der Waals surface area contributed by atoms with Crippen molar-refractivity contribution in [3.8, 4) is 11.5 Å². The number of sulfonamides is 1. The van der Waals surface area contributed by atoms with Gasteiger partial charge in [-0.05, 0) is 49.1 Å². The molecular weight excluding hydrogens is 440 g/mol. The van der Waals surface area contributed by atoms with E-state index in [1.807, 2.05) is 24.3 Å². The van der Waals surface area contributed by atoms with Crippen molar-refractivity contribution in [3.63, 3.8) is 0 Å². The van der Waals surface area contributed by atoms with Crippen LogP contribution in [0.4, 0.5) is 0 Å². The van der Waals surface area contributed by atoms with Gasteiger partial charge in [0.15, 0.2) is 11.5 Å². The van der Waals surface area contributed by atoms with Gasteiger partial charge in [-0.25, -0.2) is 8.42 Å². The van der Waals surface area contributed by atoms with E-state index in [0.717, 1.165) is 5.56 Å². The van der Waals surface area contributed by atoms with Crippen molar-refractivity contribution >= 4 is 27.5 Å². The quantitative estimate of drug-likeness (QED) is 0.646. The number of methoxy groups -OCH3 is 2.